The molecule has 0 bridgehead atoms. The molecule has 2 rings (SSSR count). The molecule has 0 radical (unpaired) electrons. The van der Waals surface area contributed by atoms with E-state index >= 15 is 0 Å². The molecule has 0 aliphatic rings. The number of rotatable bonds is 3. The maximum atomic E-state index is 10.7. The van der Waals surface area contributed by atoms with E-state index in [9.17, 15) is 4.79 Å². The van der Waals surface area contributed by atoms with E-state index < -0.39 is 5.97 Å². The number of H-pyrrole nitrogens is 1. The highest BCUT2D eigenvalue weighted by atomic mass is 32.1. The summed E-state index contributed by atoms with van der Waals surface area (Å²) in [5, 5.41) is 17.2. The van der Waals surface area contributed by atoms with Crippen LogP contribution in [0, 0.1) is 0 Å². The molecule has 5 heteroatoms. The molecule has 0 saturated carbocycles. The van der Waals surface area contributed by atoms with Gasteiger partial charge in [0, 0.05) is 0 Å². The van der Waals surface area contributed by atoms with Crippen LogP contribution in [0.4, 0.5) is 0 Å². The van der Waals surface area contributed by atoms with Gasteiger partial charge in [0.15, 0.2) is 5.69 Å². The molecule has 0 unspecified atom stereocenters. The molecule has 4 nitrogen and oxygen atoms in total. The van der Waals surface area contributed by atoms with Crippen LogP contribution in [-0.4, -0.2) is 21.3 Å². The average Bonchev–Trinajstić information content (AvgIpc) is 2.85. The van der Waals surface area contributed by atoms with E-state index in [0.717, 1.165) is 17.0 Å². The minimum absolute atomic E-state index is 0.0560. The summed E-state index contributed by atoms with van der Waals surface area (Å²) in [6.07, 6.45) is 0.931. The molecule has 0 aliphatic carbocycles. The molecule has 0 amide bonds. The summed E-state index contributed by atoms with van der Waals surface area (Å²) in [5.74, 6) is -1.01. The van der Waals surface area contributed by atoms with E-state index in [2.05, 4.69) is 17.1 Å². The molecule has 2 aromatic heterocycles. The number of aryl methyl sites for hydroxylation is 1. The molecular formula is C10H10N2O2S. The van der Waals surface area contributed by atoms with Gasteiger partial charge in [0.2, 0.25) is 0 Å². The summed E-state index contributed by atoms with van der Waals surface area (Å²) in [6, 6.07) is 3.61. The molecule has 0 fully saturated rings. The molecule has 2 heterocycles. The summed E-state index contributed by atoms with van der Waals surface area (Å²) in [5.41, 5.74) is 2.04. The van der Waals surface area contributed by atoms with Crippen molar-refractivity contribution in [2.45, 2.75) is 13.3 Å². The first-order valence-corrected chi connectivity index (χ1v) is 5.45. The average molecular weight is 222 g/mol. The SMILES string of the molecule is CCc1ccsc1-c1cc(C(=O)O)n[nH]1. The number of hydrogen-bond acceptors (Lipinski definition) is 3. The first-order chi connectivity index (χ1) is 7.22. The van der Waals surface area contributed by atoms with E-state index in [4.69, 9.17) is 5.11 Å². The second-order valence-electron chi connectivity index (χ2n) is 3.10. The highest BCUT2D eigenvalue weighted by Gasteiger charge is 2.12. The molecule has 0 saturated heterocycles. The predicted octanol–water partition coefficient (Wildman–Crippen LogP) is 2.40. The van der Waals surface area contributed by atoms with Gasteiger partial charge in [0.25, 0.3) is 0 Å². The highest BCUT2D eigenvalue weighted by Crippen LogP contribution is 2.28. The third-order valence-corrected chi connectivity index (χ3v) is 3.16. The third-order valence-electron chi connectivity index (χ3n) is 2.17. The zero-order valence-corrected chi connectivity index (χ0v) is 8.97. The van der Waals surface area contributed by atoms with Crippen LogP contribution in [0.3, 0.4) is 0 Å². The van der Waals surface area contributed by atoms with Crippen molar-refractivity contribution in [3.8, 4) is 10.6 Å². The molecule has 0 atom stereocenters. The number of hydrogen-bond donors (Lipinski definition) is 2. The standard InChI is InChI=1S/C10H10N2O2S/c1-2-6-3-4-15-9(6)7-5-8(10(13)14)12-11-7/h3-5H,2H2,1H3,(H,11,12)(H,13,14). The fraction of sp³-hybridized carbons (Fsp3) is 0.200. The predicted molar refractivity (Wildman–Crippen MR) is 58.2 cm³/mol. The second-order valence-corrected chi connectivity index (χ2v) is 4.02. The second kappa shape index (κ2) is 3.86. The first kappa shape index (κ1) is 9.92. The van der Waals surface area contributed by atoms with E-state index in [0.29, 0.717) is 0 Å². The minimum atomic E-state index is -1.01. The fourth-order valence-corrected chi connectivity index (χ4v) is 2.36. The van der Waals surface area contributed by atoms with Gasteiger partial charge in [0.1, 0.15) is 0 Å². The number of aromatic nitrogens is 2. The van der Waals surface area contributed by atoms with E-state index in [1.807, 2.05) is 11.4 Å². The van der Waals surface area contributed by atoms with Crippen molar-refractivity contribution in [1.82, 2.24) is 10.2 Å². The number of aromatic amines is 1. The lowest BCUT2D eigenvalue weighted by Crippen LogP contribution is -1.95. The molecule has 15 heavy (non-hydrogen) atoms. The summed E-state index contributed by atoms with van der Waals surface area (Å²) in [4.78, 5) is 11.7. The summed E-state index contributed by atoms with van der Waals surface area (Å²) >= 11 is 1.59. The molecule has 0 aliphatic heterocycles. The lowest BCUT2D eigenvalue weighted by Gasteiger charge is -1.95. The Balaban J connectivity index is 2.41. The van der Waals surface area contributed by atoms with Gasteiger partial charge in [0.05, 0.1) is 10.6 Å². The summed E-state index contributed by atoms with van der Waals surface area (Å²) in [7, 11) is 0. The van der Waals surface area contributed by atoms with Crippen molar-refractivity contribution in [2.24, 2.45) is 0 Å². The number of thiophene rings is 1. The summed E-state index contributed by atoms with van der Waals surface area (Å²) in [6.45, 7) is 2.07. The maximum Gasteiger partial charge on any atom is 0.356 e. The highest BCUT2D eigenvalue weighted by molar-refractivity contribution is 7.13. The van der Waals surface area contributed by atoms with Gasteiger partial charge in [-0.2, -0.15) is 5.10 Å². The van der Waals surface area contributed by atoms with Crippen molar-refractivity contribution in [1.29, 1.82) is 0 Å². The van der Waals surface area contributed by atoms with Crippen LogP contribution in [0.2, 0.25) is 0 Å². The Labute approximate surface area is 90.6 Å². The molecule has 78 valence electrons. The zero-order chi connectivity index (χ0) is 10.8. The third kappa shape index (κ3) is 1.78. The van der Waals surface area contributed by atoms with Crippen LogP contribution >= 0.6 is 11.3 Å². The topological polar surface area (TPSA) is 66.0 Å². The number of carbonyl (C=O) groups is 1. The Kier molecular flexibility index (Phi) is 2.55. The van der Waals surface area contributed by atoms with Crippen LogP contribution in [0.15, 0.2) is 17.5 Å². The van der Waals surface area contributed by atoms with Crippen molar-refractivity contribution in [3.05, 3.63) is 28.8 Å². The van der Waals surface area contributed by atoms with Gasteiger partial charge in [-0.3, -0.25) is 5.10 Å². The number of nitrogens with zero attached hydrogens (tertiary/aromatic N) is 1. The van der Waals surface area contributed by atoms with Gasteiger partial charge in [-0.1, -0.05) is 6.92 Å². The van der Waals surface area contributed by atoms with Crippen molar-refractivity contribution in [3.63, 3.8) is 0 Å². The first-order valence-electron chi connectivity index (χ1n) is 4.57. The fourth-order valence-electron chi connectivity index (χ4n) is 1.40. The Morgan fingerprint density at radius 2 is 2.47 bits per heavy atom. The monoisotopic (exact) mass is 222 g/mol. The van der Waals surface area contributed by atoms with Crippen LogP contribution < -0.4 is 0 Å². The van der Waals surface area contributed by atoms with Crippen molar-refractivity contribution in [2.75, 3.05) is 0 Å². The maximum absolute atomic E-state index is 10.7. The van der Waals surface area contributed by atoms with Crippen LogP contribution in [0.1, 0.15) is 23.0 Å². The van der Waals surface area contributed by atoms with Gasteiger partial charge < -0.3 is 5.11 Å². The normalized spacial score (nSPS) is 10.5. The summed E-state index contributed by atoms with van der Waals surface area (Å²) < 4.78 is 0. The van der Waals surface area contributed by atoms with Crippen molar-refractivity contribution < 1.29 is 9.90 Å². The Bertz CT molecular complexity index is 487. The van der Waals surface area contributed by atoms with Gasteiger partial charge in [-0.25, -0.2) is 4.79 Å². The number of nitrogens with one attached hydrogen (secondary N) is 1. The molecule has 0 aromatic carbocycles. The lowest BCUT2D eigenvalue weighted by molar-refractivity contribution is 0.0690. The number of carboxylic acids is 1. The lowest BCUT2D eigenvalue weighted by atomic mass is 10.1. The number of carboxylic acid groups (broad SMARTS) is 1. The molecular weight excluding hydrogens is 212 g/mol. The molecule has 0 spiro atoms. The largest absolute Gasteiger partial charge is 0.476 e. The van der Waals surface area contributed by atoms with Crippen LogP contribution in [0.25, 0.3) is 10.6 Å². The van der Waals surface area contributed by atoms with Crippen molar-refractivity contribution >= 4 is 17.3 Å². The van der Waals surface area contributed by atoms with Gasteiger partial charge in [-0.15, -0.1) is 11.3 Å². The van der Waals surface area contributed by atoms with Crippen LogP contribution in [0.5, 0.6) is 0 Å². The van der Waals surface area contributed by atoms with Crippen LogP contribution in [-0.2, 0) is 6.42 Å². The Hall–Kier alpha value is -1.62. The van der Waals surface area contributed by atoms with Gasteiger partial charge >= 0.3 is 5.97 Å². The Morgan fingerprint density at radius 1 is 1.67 bits per heavy atom. The van der Waals surface area contributed by atoms with E-state index in [1.54, 1.807) is 17.4 Å². The minimum Gasteiger partial charge on any atom is -0.476 e. The van der Waals surface area contributed by atoms with Gasteiger partial charge in [-0.05, 0) is 29.5 Å². The smallest absolute Gasteiger partial charge is 0.356 e. The van der Waals surface area contributed by atoms with E-state index in [-0.39, 0.29) is 5.69 Å². The zero-order valence-electron chi connectivity index (χ0n) is 8.15. The van der Waals surface area contributed by atoms with E-state index in [1.165, 1.54) is 5.56 Å². The number of aromatic carboxylic acids is 1. The quantitative estimate of drug-likeness (QED) is 0.838. The Morgan fingerprint density at radius 3 is 3.07 bits per heavy atom. The molecule has 2 N–H and O–H groups in total. The molecule has 2 aromatic rings.